The number of furan rings is 1. The lowest BCUT2D eigenvalue weighted by molar-refractivity contribution is 0.00857. The summed E-state index contributed by atoms with van der Waals surface area (Å²) in [7, 11) is 0. The van der Waals surface area contributed by atoms with Crippen LogP contribution in [0.5, 0.6) is 0 Å². The first kappa shape index (κ1) is 14.4. The van der Waals surface area contributed by atoms with E-state index in [9.17, 15) is 9.59 Å². The van der Waals surface area contributed by atoms with E-state index in [1.165, 1.54) is 11.3 Å². The lowest BCUT2D eigenvalue weighted by Crippen LogP contribution is -2.59. The van der Waals surface area contributed by atoms with Gasteiger partial charge in [-0.2, -0.15) is 0 Å². The largest absolute Gasteiger partial charge is 0.456 e. The Labute approximate surface area is 137 Å². The number of rotatable bonds is 2. The highest BCUT2D eigenvalue weighted by Gasteiger charge is 2.50. The second kappa shape index (κ2) is 5.19. The second-order valence-corrected chi connectivity index (χ2v) is 7.14. The number of thiazole rings is 1. The minimum absolute atomic E-state index is 0.00504. The predicted octanol–water partition coefficient (Wildman–Crippen LogP) is 2.03. The minimum Gasteiger partial charge on any atom is -0.456 e. The molecule has 7 heteroatoms. The molecule has 6 nitrogen and oxygen atoms in total. The molecule has 120 valence electrons. The van der Waals surface area contributed by atoms with E-state index < -0.39 is 0 Å². The summed E-state index contributed by atoms with van der Waals surface area (Å²) >= 11 is 1.43. The van der Waals surface area contributed by atoms with Crippen molar-refractivity contribution in [3.63, 3.8) is 0 Å². The van der Waals surface area contributed by atoms with Crippen molar-refractivity contribution in [3.8, 4) is 0 Å². The first-order valence-corrected chi connectivity index (χ1v) is 8.54. The number of aryl methyl sites for hydroxylation is 1. The molecule has 0 atom stereocenters. The van der Waals surface area contributed by atoms with Crippen molar-refractivity contribution in [1.82, 2.24) is 14.8 Å². The molecule has 2 aliphatic rings. The summed E-state index contributed by atoms with van der Waals surface area (Å²) in [5.41, 5.74) is 2.24. The van der Waals surface area contributed by atoms with Crippen LogP contribution in [0.1, 0.15) is 33.2 Å². The molecular formula is C16H17N3O3S. The number of aromatic nitrogens is 1. The molecule has 2 aliphatic heterocycles. The van der Waals surface area contributed by atoms with Gasteiger partial charge in [0.15, 0.2) is 5.76 Å². The van der Waals surface area contributed by atoms with Crippen molar-refractivity contribution in [2.24, 2.45) is 5.41 Å². The van der Waals surface area contributed by atoms with Gasteiger partial charge in [0.1, 0.15) is 11.5 Å². The normalized spacial score (nSPS) is 19.2. The number of likely N-dealkylation sites (tertiary alicyclic amines) is 2. The molecule has 0 aromatic carbocycles. The van der Waals surface area contributed by atoms with Gasteiger partial charge in [-0.05, 0) is 25.5 Å². The summed E-state index contributed by atoms with van der Waals surface area (Å²) in [6.07, 6.45) is 0.934. The Hall–Kier alpha value is -2.15. The van der Waals surface area contributed by atoms with Crippen molar-refractivity contribution in [2.45, 2.75) is 13.3 Å². The predicted molar refractivity (Wildman–Crippen MR) is 84.4 cm³/mol. The molecule has 0 unspecified atom stereocenters. The van der Waals surface area contributed by atoms with Crippen LogP contribution in [-0.2, 0) is 0 Å². The van der Waals surface area contributed by atoms with Crippen LogP contribution in [0.3, 0.4) is 0 Å². The smallest absolute Gasteiger partial charge is 0.289 e. The maximum Gasteiger partial charge on any atom is 0.289 e. The van der Waals surface area contributed by atoms with E-state index in [0.29, 0.717) is 31.1 Å². The summed E-state index contributed by atoms with van der Waals surface area (Å²) in [6, 6.07) is 3.52. The van der Waals surface area contributed by atoms with E-state index in [1.807, 2.05) is 11.8 Å². The van der Waals surface area contributed by atoms with Gasteiger partial charge in [-0.3, -0.25) is 9.59 Å². The van der Waals surface area contributed by atoms with Gasteiger partial charge in [0.25, 0.3) is 11.8 Å². The van der Waals surface area contributed by atoms with Crippen LogP contribution >= 0.6 is 11.3 Å². The third-order valence-electron chi connectivity index (χ3n) is 4.67. The molecule has 2 aromatic rings. The van der Waals surface area contributed by atoms with E-state index in [0.717, 1.165) is 18.7 Å². The fraction of sp³-hybridized carbons (Fsp3) is 0.438. The second-order valence-electron chi connectivity index (χ2n) is 6.42. The van der Waals surface area contributed by atoms with Gasteiger partial charge in [-0.15, -0.1) is 11.3 Å². The molecule has 23 heavy (non-hydrogen) atoms. The molecule has 0 aliphatic carbocycles. The van der Waals surface area contributed by atoms with E-state index in [-0.39, 0.29) is 17.2 Å². The topological polar surface area (TPSA) is 66.7 Å². The van der Waals surface area contributed by atoms with E-state index in [4.69, 9.17) is 4.42 Å². The molecule has 2 saturated heterocycles. The zero-order valence-electron chi connectivity index (χ0n) is 12.8. The lowest BCUT2D eigenvalue weighted by Gasteiger charge is -2.47. The number of carbonyl (C=O) groups is 2. The molecule has 0 saturated carbocycles. The van der Waals surface area contributed by atoms with Crippen molar-refractivity contribution < 1.29 is 14.0 Å². The number of hydrogen-bond donors (Lipinski definition) is 0. The van der Waals surface area contributed by atoms with Gasteiger partial charge in [0.2, 0.25) is 0 Å². The number of carbonyl (C=O) groups excluding carboxylic acids is 2. The first-order valence-electron chi connectivity index (χ1n) is 7.60. The third kappa shape index (κ3) is 2.45. The standard InChI is InChI=1S/C16H17N3O3S/c1-11-2-3-13(22-11)15(21)19-8-16(9-19)4-5-18(7-16)14(20)12-6-23-10-17-12/h2-3,6,10H,4-5,7-9H2,1H3. The van der Waals surface area contributed by atoms with Crippen molar-refractivity contribution in [1.29, 1.82) is 0 Å². The Morgan fingerprint density at radius 2 is 2.00 bits per heavy atom. The van der Waals surface area contributed by atoms with Crippen LogP contribution in [-0.4, -0.2) is 52.8 Å². The fourth-order valence-corrected chi connectivity index (χ4v) is 3.98. The van der Waals surface area contributed by atoms with Crippen LogP contribution in [0.25, 0.3) is 0 Å². The Balaban J connectivity index is 1.38. The van der Waals surface area contributed by atoms with Crippen LogP contribution in [0.15, 0.2) is 27.4 Å². The van der Waals surface area contributed by atoms with Gasteiger partial charge in [-0.25, -0.2) is 4.98 Å². The highest BCUT2D eigenvalue weighted by molar-refractivity contribution is 7.07. The molecule has 2 aromatic heterocycles. The van der Waals surface area contributed by atoms with Crippen LogP contribution < -0.4 is 0 Å². The zero-order valence-corrected chi connectivity index (χ0v) is 13.6. The molecule has 2 fully saturated rings. The number of amides is 2. The van der Waals surface area contributed by atoms with Crippen molar-refractivity contribution in [2.75, 3.05) is 26.2 Å². The Morgan fingerprint density at radius 1 is 1.22 bits per heavy atom. The number of hydrogen-bond acceptors (Lipinski definition) is 5. The van der Waals surface area contributed by atoms with Gasteiger partial charge in [0, 0.05) is 37.0 Å². The lowest BCUT2D eigenvalue weighted by atomic mass is 9.79. The minimum atomic E-state index is -0.0620. The van der Waals surface area contributed by atoms with Gasteiger partial charge >= 0.3 is 0 Å². The molecule has 0 bridgehead atoms. The molecule has 0 N–H and O–H groups in total. The average molecular weight is 331 g/mol. The molecular weight excluding hydrogens is 314 g/mol. The monoisotopic (exact) mass is 331 g/mol. The van der Waals surface area contributed by atoms with Crippen molar-refractivity contribution in [3.05, 3.63) is 40.2 Å². The SMILES string of the molecule is Cc1ccc(C(=O)N2CC3(CCN(C(=O)c4cscn4)C3)C2)o1. The maximum absolute atomic E-state index is 12.4. The Bertz CT molecular complexity index is 746. The highest BCUT2D eigenvalue weighted by Crippen LogP contribution is 2.40. The summed E-state index contributed by atoms with van der Waals surface area (Å²) in [4.78, 5) is 32.4. The summed E-state index contributed by atoms with van der Waals surface area (Å²) in [6.45, 7) is 4.63. The summed E-state index contributed by atoms with van der Waals surface area (Å²) in [5.74, 6) is 1.07. The zero-order chi connectivity index (χ0) is 16.0. The molecule has 0 radical (unpaired) electrons. The van der Waals surface area contributed by atoms with E-state index in [2.05, 4.69) is 4.98 Å². The molecule has 4 heterocycles. The van der Waals surface area contributed by atoms with E-state index in [1.54, 1.807) is 27.9 Å². The molecule has 4 rings (SSSR count). The fourth-order valence-electron chi connectivity index (χ4n) is 3.46. The van der Waals surface area contributed by atoms with Gasteiger partial charge < -0.3 is 14.2 Å². The highest BCUT2D eigenvalue weighted by atomic mass is 32.1. The van der Waals surface area contributed by atoms with Crippen LogP contribution in [0.4, 0.5) is 0 Å². The Morgan fingerprint density at radius 3 is 2.65 bits per heavy atom. The average Bonchev–Trinajstić information content (AvgIpc) is 3.24. The molecule has 1 spiro atoms. The third-order valence-corrected chi connectivity index (χ3v) is 5.25. The van der Waals surface area contributed by atoms with E-state index >= 15 is 0 Å². The number of nitrogens with zero attached hydrogens (tertiary/aromatic N) is 3. The van der Waals surface area contributed by atoms with Crippen LogP contribution in [0.2, 0.25) is 0 Å². The van der Waals surface area contributed by atoms with Crippen LogP contribution in [0, 0.1) is 12.3 Å². The van der Waals surface area contributed by atoms with Crippen molar-refractivity contribution >= 4 is 23.2 Å². The maximum atomic E-state index is 12.4. The quantitative estimate of drug-likeness (QED) is 0.844. The summed E-state index contributed by atoms with van der Waals surface area (Å²) < 4.78 is 5.40. The van der Waals surface area contributed by atoms with Gasteiger partial charge in [-0.1, -0.05) is 0 Å². The summed E-state index contributed by atoms with van der Waals surface area (Å²) in [5, 5.41) is 1.78. The van der Waals surface area contributed by atoms with Gasteiger partial charge in [0.05, 0.1) is 5.51 Å². The molecule has 2 amide bonds. The first-order chi connectivity index (χ1) is 11.1. The Kier molecular flexibility index (Phi) is 3.26.